The molecule has 0 radical (unpaired) electrons. The van der Waals surface area contributed by atoms with Crippen LogP contribution in [0.3, 0.4) is 0 Å². The van der Waals surface area contributed by atoms with Crippen molar-refractivity contribution in [2.75, 3.05) is 0 Å². The molecule has 148 valence electrons. The van der Waals surface area contributed by atoms with E-state index in [4.69, 9.17) is 4.98 Å². The number of benzene rings is 1. The Bertz CT molecular complexity index is 1020. The molecule has 3 rings (SSSR count). The summed E-state index contributed by atoms with van der Waals surface area (Å²) < 4.78 is 1.17. The van der Waals surface area contributed by atoms with Crippen LogP contribution in [-0.2, 0) is 6.42 Å². The lowest BCUT2D eigenvalue weighted by Gasteiger charge is -2.14. The molecule has 1 aromatic carbocycles. The van der Waals surface area contributed by atoms with Crippen LogP contribution in [0.25, 0.3) is 22.3 Å². The van der Waals surface area contributed by atoms with Crippen molar-refractivity contribution in [3.63, 3.8) is 0 Å². The van der Waals surface area contributed by atoms with Crippen LogP contribution in [0.1, 0.15) is 50.6 Å². The van der Waals surface area contributed by atoms with E-state index in [1.807, 2.05) is 0 Å². The summed E-state index contributed by atoms with van der Waals surface area (Å²) in [5, 5.41) is 0. The van der Waals surface area contributed by atoms with E-state index in [1.165, 1.54) is 26.7 Å². The standard InChI is InChI=1S/C27H28BrN/c1-4-20-13-11-12-16-25(20)23-18-26(21(5-2)17-24(28)6-3)29-27(19-23)22-14-9-7-8-10-15-22/h5,7-9,11-19H,4,6,10H2,1-3H3/b21-5+,24-17+. The van der Waals surface area contributed by atoms with Gasteiger partial charge in [-0.1, -0.05) is 90.5 Å². The van der Waals surface area contributed by atoms with Crippen LogP contribution in [0.2, 0.25) is 0 Å². The Labute approximate surface area is 183 Å². The first kappa shape index (κ1) is 21.3. The number of hydrogen-bond donors (Lipinski definition) is 0. The van der Waals surface area contributed by atoms with Gasteiger partial charge >= 0.3 is 0 Å². The van der Waals surface area contributed by atoms with Crippen LogP contribution in [0.5, 0.6) is 0 Å². The van der Waals surface area contributed by atoms with Gasteiger partial charge in [0.25, 0.3) is 0 Å². The van der Waals surface area contributed by atoms with Crippen LogP contribution in [0.15, 0.2) is 83.4 Å². The van der Waals surface area contributed by atoms with Crippen LogP contribution in [-0.4, -0.2) is 4.98 Å². The normalized spacial score (nSPS) is 14.7. The zero-order chi connectivity index (χ0) is 20.6. The minimum atomic E-state index is 0.923. The molecule has 1 aliphatic rings. The third-order valence-electron chi connectivity index (χ3n) is 5.08. The summed E-state index contributed by atoms with van der Waals surface area (Å²) in [7, 11) is 0. The predicted molar refractivity (Wildman–Crippen MR) is 131 cm³/mol. The van der Waals surface area contributed by atoms with Gasteiger partial charge in [-0.25, -0.2) is 4.98 Å². The molecule has 0 saturated carbocycles. The molecule has 1 heterocycles. The van der Waals surface area contributed by atoms with Crippen LogP contribution in [0, 0.1) is 0 Å². The van der Waals surface area contributed by atoms with Gasteiger partial charge in [-0.3, -0.25) is 0 Å². The zero-order valence-corrected chi connectivity index (χ0v) is 19.0. The topological polar surface area (TPSA) is 12.9 Å². The number of rotatable bonds is 6. The van der Waals surface area contributed by atoms with Gasteiger partial charge in [-0.2, -0.15) is 0 Å². The summed E-state index contributed by atoms with van der Waals surface area (Å²) in [5.74, 6) is 0. The van der Waals surface area contributed by atoms with Gasteiger partial charge in [-0.05, 0) is 76.7 Å². The highest BCUT2D eigenvalue weighted by Crippen LogP contribution is 2.31. The second-order valence-corrected chi connectivity index (χ2v) is 8.03. The lowest BCUT2D eigenvalue weighted by Crippen LogP contribution is -1.97. The van der Waals surface area contributed by atoms with Gasteiger partial charge in [0.05, 0.1) is 11.4 Å². The van der Waals surface area contributed by atoms with Crippen molar-refractivity contribution in [2.24, 2.45) is 0 Å². The maximum Gasteiger partial charge on any atom is 0.0712 e. The lowest BCUT2D eigenvalue weighted by atomic mass is 9.95. The molecule has 1 nitrogen and oxygen atoms in total. The lowest BCUT2D eigenvalue weighted by molar-refractivity contribution is 1.14. The first-order chi connectivity index (χ1) is 14.2. The van der Waals surface area contributed by atoms with E-state index < -0.39 is 0 Å². The third kappa shape index (κ3) is 5.33. The van der Waals surface area contributed by atoms with Crippen molar-refractivity contribution in [2.45, 2.75) is 40.0 Å². The van der Waals surface area contributed by atoms with Crippen LogP contribution < -0.4 is 0 Å². The number of pyridine rings is 1. The van der Waals surface area contributed by atoms with E-state index >= 15 is 0 Å². The second-order valence-electron chi connectivity index (χ2n) is 7.01. The smallest absolute Gasteiger partial charge is 0.0712 e. The fourth-order valence-electron chi connectivity index (χ4n) is 3.44. The molecule has 0 atom stereocenters. The minimum absolute atomic E-state index is 0.923. The zero-order valence-electron chi connectivity index (χ0n) is 17.5. The van der Waals surface area contributed by atoms with Gasteiger partial charge in [-0.15, -0.1) is 0 Å². The van der Waals surface area contributed by atoms with Crippen molar-refractivity contribution in [1.29, 1.82) is 0 Å². The monoisotopic (exact) mass is 445 g/mol. The van der Waals surface area contributed by atoms with Gasteiger partial charge in [0.1, 0.15) is 0 Å². The molecule has 0 aliphatic heterocycles. The Balaban J connectivity index is 2.21. The largest absolute Gasteiger partial charge is 0.248 e. The minimum Gasteiger partial charge on any atom is -0.248 e. The fraction of sp³-hybridized carbons (Fsp3) is 0.222. The van der Waals surface area contributed by atoms with E-state index in [0.29, 0.717) is 0 Å². The Morgan fingerprint density at radius 3 is 2.72 bits per heavy atom. The van der Waals surface area contributed by atoms with Crippen molar-refractivity contribution in [1.82, 2.24) is 4.98 Å². The number of hydrogen-bond acceptors (Lipinski definition) is 1. The van der Waals surface area contributed by atoms with Gasteiger partial charge < -0.3 is 0 Å². The summed E-state index contributed by atoms with van der Waals surface area (Å²) in [6.45, 7) is 6.43. The van der Waals surface area contributed by atoms with E-state index in [0.717, 1.165) is 36.2 Å². The quantitative estimate of drug-likeness (QED) is 0.407. The van der Waals surface area contributed by atoms with Gasteiger partial charge in [0, 0.05) is 0 Å². The van der Waals surface area contributed by atoms with E-state index in [1.54, 1.807) is 0 Å². The van der Waals surface area contributed by atoms with Crippen molar-refractivity contribution in [3.05, 3.63) is 100 Å². The first-order valence-corrected chi connectivity index (χ1v) is 11.1. The van der Waals surface area contributed by atoms with Crippen molar-refractivity contribution < 1.29 is 0 Å². The Morgan fingerprint density at radius 1 is 1.14 bits per heavy atom. The van der Waals surface area contributed by atoms with Gasteiger partial charge in [0.2, 0.25) is 0 Å². The summed E-state index contributed by atoms with van der Waals surface area (Å²) >= 11 is 3.67. The maximum absolute atomic E-state index is 5.06. The molecule has 0 spiro atoms. The van der Waals surface area contributed by atoms with Crippen molar-refractivity contribution >= 4 is 27.1 Å². The van der Waals surface area contributed by atoms with E-state index in [2.05, 4.69) is 116 Å². The molecular formula is C27H28BrN. The average Bonchev–Trinajstić information content (AvgIpc) is 3.06. The molecule has 0 fully saturated rings. The second kappa shape index (κ2) is 10.4. The molecule has 0 unspecified atom stereocenters. The first-order valence-electron chi connectivity index (χ1n) is 10.3. The molecule has 0 saturated heterocycles. The number of nitrogens with zero attached hydrogens (tertiary/aromatic N) is 1. The summed E-state index contributed by atoms with van der Waals surface area (Å²) in [4.78, 5) is 5.06. The highest BCUT2D eigenvalue weighted by Gasteiger charge is 2.12. The number of aromatic nitrogens is 1. The molecule has 2 aromatic rings. The summed E-state index contributed by atoms with van der Waals surface area (Å²) in [5.41, 5.74) is 8.18. The average molecular weight is 446 g/mol. The molecule has 1 aliphatic carbocycles. The molecule has 2 heteroatoms. The van der Waals surface area contributed by atoms with E-state index in [-0.39, 0.29) is 0 Å². The molecule has 1 aromatic heterocycles. The maximum atomic E-state index is 5.06. The fourth-order valence-corrected chi connectivity index (χ4v) is 3.68. The number of halogens is 1. The molecule has 0 N–H and O–H groups in total. The highest BCUT2D eigenvalue weighted by atomic mass is 79.9. The molecule has 0 amide bonds. The van der Waals surface area contributed by atoms with Gasteiger partial charge in [0.15, 0.2) is 0 Å². The SMILES string of the molecule is C/C=C(\C=C(\Br)CC)c1cc(-c2ccccc2CC)cc(C2=CCC=CC=C2)n1. The third-order valence-corrected chi connectivity index (χ3v) is 5.87. The molecular weight excluding hydrogens is 418 g/mol. The Hall–Kier alpha value is -2.45. The Morgan fingerprint density at radius 2 is 1.97 bits per heavy atom. The van der Waals surface area contributed by atoms with Crippen LogP contribution >= 0.6 is 15.9 Å². The highest BCUT2D eigenvalue weighted by molar-refractivity contribution is 9.11. The summed E-state index contributed by atoms with van der Waals surface area (Å²) in [6.07, 6.45) is 18.0. The van der Waals surface area contributed by atoms with Crippen LogP contribution in [0.4, 0.5) is 0 Å². The molecule has 0 bridgehead atoms. The van der Waals surface area contributed by atoms with Crippen molar-refractivity contribution in [3.8, 4) is 11.1 Å². The molecule has 29 heavy (non-hydrogen) atoms. The Kier molecular flexibility index (Phi) is 7.60. The number of allylic oxidation sites excluding steroid dienone is 10. The summed E-state index contributed by atoms with van der Waals surface area (Å²) in [6, 6.07) is 13.1. The number of aryl methyl sites for hydroxylation is 1. The van der Waals surface area contributed by atoms with E-state index in [9.17, 15) is 0 Å². The predicted octanol–water partition coefficient (Wildman–Crippen LogP) is 8.30.